The van der Waals surface area contributed by atoms with Gasteiger partial charge in [-0.3, -0.25) is 9.36 Å². The standard InChI is InChI=1S/C23H22ClN3O2S2/c1-12-8-9-15(10-18(12)24)27-22(28)20-16-6-4-5-7-19(16)31-21(20)25-23(27)30-11-17-13(2)26-29-14(17)3/h8-10H,4-7,11H2,1-3H3. The smallest absolute Gasteiger partial charge is 0.267 e. The lowest BCUT2D eigenvalue weighted by Gasteiger charge is -2.14. The molecule has 160 valence electrons. The molecule has 0 atom stereocenters. The Morgan fingerprint density at radius 2 is 2.03 bits per heavy atom. The summed E-state index contributed by atoms with van der Waals surface area (Å²) in [5, 5.41) is 6.13. The Morgan fingerprint density at radius 3 is 2.77 bits per heavy atom. The molecule has 5 nitrogen and oxygen atoms in total. The van der Waals surface area contributed by atoms with Crippen molar-refractivity contribution in [3.8, 4) is 5.69 Å². The van der Waals surface area contributed by atoms with E-state index in [2.05, 4.69) is 5.16 Å². The van der Waals surface area contributed by atoms with E-state index in [1.165, 1.54) is 28.6 Å². The van der Waals surface area contributed by atoms with Crippen LogP contribution in [-0.2, 0) is 18.6 Å². The molecule has 0 bridgehead atoms. The van der Waals surface area contributed by atoms with Crippen LogP contribution in [-0.4, -0.2) is 14.7 Å². The maximum Gasteiger partial charge on any atom is 0.267 e. The van der Waals surface area contributed by atoms with Gasteiger partial charge >= 0.3 is 0 Å². The summed E-state index contributed by atoms with van der Waals surface area (Å²) in [6, 6.07) is 5.74. The topological polar surface area (TPSA) is 60.9 Å². The molecule has 5 rings (SSSR count). The number of aryl methyl sites for hydroxylation is 5. The maximum atomic E-state index is 13.8. The number of rotatable bonds is 4. The van der Waals surface area contributed by atoms with Crippen molar-refractivity contribution in [1.29, 1.82) is 0 Å². The van der Waals surface area contributed by atoms with Gasteiger partial charge in [-0.2, -0.15) is 0 Å². The van der Waals surface area contributed by atoms with E-state index in [0.717, 1.165) is 57.7 Å². The van der Waals surface area contributed by atoms with Gasteiger partial charge in [0.25, 0.3) is 5.56 Å². The predicted molar refractivity (Wildman–Crippen MR) is 127 cm³/mol. The summed E-state index contributed by atoms with van der Waals surface area (Å²) in [7, 11) is 0. The highest BCUT2D eigenvalue weighted by Gasteiger charge is 2.23. The summed E-state index contributed by atoms with van der Waals surface area (Å²) in [5.41, 5.74) is 4.81. The molecule has 4 aromatic rings. The van der Waals surface area contributed by atoms with Gasteiger partial charge < -0.3 is 4.52 Å². The molecule has 0 amide bonds. The molecule has 31 heavy (non-hydrogen) atoms. The SMILES string of the molecule is Cc1ccc(-n2c(SCc3c(C)noc3C)nc3sc4c(c3c2=O)CCCC4)cc1Cl. The zero-order valence-corrected chi connectivity index (χ0v) is 20.0. The summed E-state index contributed by atoms with van der Waals surface area (Å²) >= 11 is 9.62. The molecule has 3 heterocycles. The van der Waals surface area contributed by atoms with Crippen LogP contribution in [0.4, 0.5) is 0 Å². The Bertz CT molecular complexity index is 1350. The minimum absolute atomic E-state index is 0.00872. The molecule has 0 saturated carbocycles. The summed E-state index contributed by atoms with van der Waals surface area (Å²) in [5.74, 6) is 1.43. The molecule has 0 fully saturated rings. The molecule has 3 aromatic heterocycles. The Kier molecular flexibility index (Phi) is 5.44. The van der Waals surface area contributed by atoms with Crippen LogP contribution >= 0.6 is 34.7 Å². The third kappa shape index (κ3) is 3.62. The first-order chi connectivity index (χ1) is 14.9. The normalized spacial score (nSPS) is 13.7. The van der Waals surface area contributed by atoms with E-state index < -0.39 is 0 Å². The predicted octanol–water partition coefficient (Wildman–Crippen LogP) is 6.18. The molecular formula is C23H22ClN3O2S2. The van der Waals surface area contributed by atoms with E-state index in [0.29, 0.717) is 15.9 Å². The number of halogens is 1. The van der Waals surface area contributed by atoms with E-state index in [1.807, 2.05) is 39.0 Å². The Hall–Kier alpha value is -2.09. The van der Waals surface area contributed by atoms with Gasteiger partial charge in [-0.15, -0.1) is 11.3 Å². The fraction of sp³-hybridized carbons (Fsp3) is 0.348. The Balaban J connectivity index is 1.70. The van der Waals surface area contributed by atoms with Gasteiger partial charge in [0, 0.05) is 21.2 Å². The Labute approximate surface area is 193 Å². The van der Waals surface area contributed by atoms with Gasteiger partial charge in [0.15, 0.2) is 5.16 Å². The van der Waals surface area contributed by atoms with Crippen LogP contribution in [0.15, 0.2) is 32.7 Å². The van der Waals surface area contributed by atoms with Crippen LogP contribution in [0.5, 0.6) is 0 Å². The molecule has 0 unspecified atom stereocenters. The number of thioether (sulfide) groups is 1. The average Bonchev–Trinajstić information content (AvgIpc) is 3.28. The van der Waals surface area contributed by atoms with Crippen molar-refractivity contribution in [2.45, 2.75) is 57.4 Å². The third-order valence-corrected chi connectivity index (χ3v) is 8.46. The fourth-order valence-corrected chi connectivity index (χ4v) is 6.72. The molecule has 8 heteroatoms. The minimum Gasteiger partial charge on any atom is -0.361 e. The highest BCUT2D eigenvalue weighted by atomic mass is 35.5. The third-order valence-electron chi connectivity index (χ3n) is 5.90. The molecule has 0 radical (unpaired) electrons. The lowest BCUT2D eigenvalue weighted by atomic mass is 9.97. The van der Waals surface area contributed by atoms with Crippen molar-refractivity contribution >= 4 is 44.9 Å². The van der Waals surface area contributed by atoms with Gasteiger partial charge in [-0.05, 0) is 69.7 Å². The number of fused-ring (bicyclic) bond motifs is 3. The van der Waals surface area contributed by atoms with Gasteiger partial charge in [0.1, 0.15) is 10.6 Å². The van der Waals surface area contributed by atoms with Crippen molar-refractivity contribution in [2.24, 2.45) is 0 Å². The first-order valence-corrected chi connectivity index (χ1v) is 12.5. The van der Waals surface area contributed by atoms with E-state index in [1.54, 1.807) is 15.9 Å². The van der Waals surface area contributed by atoms with Crippen molar-refractivity contribution < 1.29 is 4.52 Å². The second-order valence-electron chi connectivity index (χ2n) is 7.95. The molecule has 0 saturated heterocycles. The number of hydrogen-bond donors (Lipinski definition) is 0. The number of aromatic nitrogens is 3. The van der Waals surface area contributed by atoms with Gasteiger partial charge in [-0.1, -0.05) is 34.6 Å². The van der Waals surface area contributed by atoms with Crippen LogP contribution in [0, 0.1) is 20.8 Å². The highest BCUT2D eigenvalue weighted by molar-refractivity contribution is 7.98. The summed E-state index contributed by atoms with van der Waals surface area (Å²) < 4.78 is 7.03. The quantitative estimate of drug-likeness (QED) is 0.262. The van der Waals surface area contributed by atoms with Crippen LogP contribution in [0.1, 0.15) is 45.9 Å². The van der Waals surface area contributed by atoms with Crippen molar-refractivity contribution in [3.63, 3.8) is 0 Å². The molecule has 0 aliphatic heterocycles. The van der Waals surface area contributed by atoms with Crippen LogP contribution in [0.25, 0.3) is 15.9 Å². The lowest BCUT2D eigenvalue weighted by molar-refractivity contribution is 0.392. The van der Waals surface area contributed by atoms with E-state index >= 15 is 0 Å². The summed E-state index contributed by atoms with van der Waals surface area (Å²) in [4.78, 5) is 20.9. The molecular weight excluding hydrogens is 450 g/mol. The lowest BCUT2D eigenvalue weighted by Crippen LogP contribution is -2.22. The first kappa shape index (κ1) is 20.8. The van der Waals surface area contributed by atoms with Gasteiger partial charge in [0.05, 0.1) is 16.8 Å². The highest BCUT2D eigenvalue weighted by Crippen LogP contribution is 2.36. The van der Waals surface area contributed by atoms with E-state index in [4.69, 9.17) is 21.1 Å². The first-order valence-electron chi connectivity index (χ1n) is 10.3. The van der Waals surface area contributed by atoms with Crippen LogP contribution in [0.2, 0.25) is 5.02 Å². The van der Waals surface area contributed by atoms with Gasteiger partial charge in [-0.25, -0.2) is 4.98 Å². The fourth-order valence-electron chi connectivity index (χ4n) is 4.08. The van der Waals surface area contributed by atoms with Crippen molar-refractivity contribution in [1.82, 2.24) is 14.7 Å². The number of hydrogen-bond acceptors (Lipinski definition) is 6. The zero-order valence-electron chi connectivity index (χ0n) is 17.6. The number of thiophene rings is 1. The minimum atomic E-state index is -0.00872. The summed E-state index contributed by atoms with van der Waals surface area (Å²) in [6.45, 7) is 5.80. The molecule has 1 aliphatic carbocycles. The number of nitrogens with zero attached hydrogens (tertiary/aromatic N) is 3. The van der Waals surface area contributed by atoms with Crippen LogP contribution in [0.3, 0.4) is 0 Å². The van der Waals surface area contributed by atoms with E-state index in [9.17, 15) is 4.79 Å². The van der Waals surface area contributed by atoms with E-state index in [-0.39, 0.29) is 5.56 Å². The maximum absolute atomic E-state index is 13.8. The second-order valence-corrected chi connectivity index (χ2v) is 10.4. The van der Waals surface area contributed by atoms with Crippen LogP contribution < -0.4 is 5.56 Å². The zero-order chi connectivity index (χ0) is 21.7. The van der Waals surface area contributed by atoms with Crippen molar-refractivity contribution in [2.75, 3.05) is 0 Å². The molecule has 0 N–H and O–H groups in total. The molecule has 1 aromatic carbocycles. The summed E-state index contributed by atoms with van der Waals surface area (Å²) in [6.07, 6.45) is 4.28. The largest absolute Gasteiger partial charge is 0.361 e. The van der Waals surface area contributed by atoms with Gasteiger partial charge in [0.2, 0.25) is 0 Å². The number of benzene rings is 1. The monoisotopic (exact) mass is 471 g/mol. The van der Waals surface area contributed by atoms with Crippen molar-refractivity contribution in [3.05, 3.63) is 66.6 Å². The Morgan fingerprint density at radius 1 is 1.23 bits per heavy atom. The average molecular weight is 472 g/mol. The molecule has 0 spiro atoms. The second kappa shape index (κ2) is 8.11. The molecule has 1 aliphatic rings.